The Kier molecular flexibility index (Phi) is 28.0. The van der Waals surface area contributed by atoms with Crippen LogP contribution in [-0.2, 0) is 19.1 Å². The molecule has 0 aliphatic carbocycles. The average molecular weight is 841 g/mol. The molecule has 2 fully saturated rings. The van der Waals surface area contributed by atoms with E-state index in [9.17, 15) is 35.1 Å². The van der Waals surface area contributed by atoms with Crippen LogP contribution in [0.25, 0.3) is 0 Å². The van der Waals surface area contributed by atoms with E-state index in [1.807, 2.05) is 0 Å². The molecule has 5 N–H and O–H groups in total. The fourth-order valence-electron chi connectivity index (χ4n) is 9.49. The largest absolute Gasteiger partial charge is 0.406 e. The van der Waals surface area contributed by atoms with Gasteiger partial charge in [-0.2, -0.15) is 0 Å². The van der Waals surface area contributed by atoms with Crippen LogP contribution in [0.4, 0.5) is 0 Å². The molecule has 59 heavy (non-hydrogen) atoms. The summed E-state index contributed by atoms with van der Waals surface area (Å²) in [7, 11) is 0. The van der Waals surface area contributed by atoms with Crippen LogP contribution in [0.15, 0.2) is 0 Å². The van der Waals surface area contributed by atoms with Crippen LogP contribution in [0.3, 0.4) is 0 Å². The lowest BCUT2D eigenvalue weighted by molar-refractivity contribution is -0.436. The van der Waals surface area contributed by atoms with Gasteiger partial charge in [0.1, 0.15) is 0 Å². The highest BCUT2D eigenvalue weighted by Crippen LogP contribution is 2.43. The molecule has 0 aromatic carbocycles. The Hall–Kier alpha value is -1.34. The van der Waals surface area contributed by atoms with Crippen molar-refractivity contribution in [2.45, 2.75) is 238 Å². The molecule has 0 saturated carbocycles. The molecular formula is C48H92N2O9. The lowest BCUT2D eigenvalue weighted by Crippen LogP contribution is -2.69. The number of likely N-dealkylation sites (tertiary alicyclic amines) is 2. The lowest BCUT2D eigenvalue weighted by atomic mass is 9.71. The maximum atomic E-state index is 13.9. The Morgan fingerprint density at radius 1 is 0.508 bits per heavy atom. The fraction of sp³-hybridized carbons (Fsp3) is 0.958. The van der Waals surface area contributed by atoms with Gasteiger partial charge in [-0.25, -0.2) is 0 Å². The summed E-state index contributed by atoms with van der Waals surface area (Å²) in [6.07, 6.45) is 27.7. The first-order chi connectivity index (χ1) is 28.4. The Bertz CT molecular complexity index is 1010. The molecule has 0 aromatic heterocycles. The van der Waals surface area contributed by atoms with Crippen molar-refractivity contribution >= 4 is 11.9 Å². The number of carbonyl (C=O) groups excluding carboxylic acids is 2. The summed E-state index contributed by atoms with van der Waals surface area (Å²) in [4.78, 5) is 31.8. The van der Waals surface area contributed by atoms with Gasteiger partial charge < -0.3 is 39.9 Å². The third-order valence-electron chi connectivity index (χ3n) is 13.5. The second-order valence-corrected chi connectivity index (χ2v) is 18.6. The number of piperidine rings is 2. The van der Waals surface area contributed by atoms with Crippen LogP contribution in [-0.4, -0.2) is 105 Å². The fourth-order valence-corrected chi connectivity index (χ4v) is 9.49. The number of aliphatic hydroxyl groups excluding tert-OH is 1. The van der Waals surface area contributed by atoms with E-state index in [0.29, 0.717) is 38.5 Å². The van der Waals surface area contributed by atoms with Crippen LogP contribution >= 0.6 is 0 Å². The maximum absolute atomic E-state index is 13.9. The van der Waals surface area contributed by atoms with Gasteiger partial charge >= 0.3 is 23.9 Å². The van der Waals surface area contributed by atoms with Gasteiger partial charge in [-0.15, -0.1) is 0 Å². The molecule has 1 spiro atoms. The summed E-state index contributed by atoms with van der Waals surface area (Å²) in [5.74, 6) is -9.37. The molecule has 11 heteroatoms. The van der Waals surface area contributed by atoms with Gasteiger partial charge in [-0.05, 0) is 102 Å². The number of nitrogens with zero attached hydrogens (tertiary/aromatic N) is 2. The maximum Gasteiger partial charge on any atom is 0.350 e. The number of hydrogen-bond acceptors (Lipinski definition) is 11. The molecule has 2 atom stereocenters. The first-order valence-corrected chi connectivity index (χ1v) is 24.8. The Morgan fingerprint density at radius 2 is 0.847 bits per heavy atom. The minimum absolute atomic E-state index is 0.0183. The second-order valence-electron chi connectivity index (χ2n) is 18.6. The number of rotatable bonds is 35. The van der Waals surface area contributed by atoms with Crippen molar-refractivity contribution < 1.29 is 44.6 Å². The van der Waals surface area contributed by atoms with E-state index in [2.05, 4.69) is 32.6 Å². The monoisotopic (exact) mass is 841 g/mol. The van der Waals surface area contributed by atoms with Crippen molar-refractivity contribution in [1.82, 2.24) is 9.80 Å². The molecule has 0 bridgehead atoms. The molecule has 2 unspecified atom stereocenters. The highest BCUT2D eigenvalue weighted by atomic mass is 16.8. The van der Waals surface area contributed by atoms with E-state index in [4.69, 9.17) is 9.47 Å². The standard InChI is InChI=1S/C48H92N2O9/c1-5-9-13-17-19-23-29-41(27-21-15-11-7-3)43(52)58-47(54,55)45(50-38-33-46(34-39-50)31-36-49(37-32-46)35-25-26-40-51)48(56,57)59-44(53)42(28-22-16-12-8-4)30-24-20-18-14-10-6-2/h41-42,45,51,54-57H,5-40H2,1-4H3. The Balaban J connectivity index is 2.32. The predicted molar refractivity (Wildman–Crippen MR) is 236 cm³/mol. The normalized spacial score (nSPS) is 18.2. The summed E-state index contributed by atoms with van der Waals surface area (Å²) in [6.45, 7) is 12.2. The van der Waals surface area contributed by atoms with Crippen molar-refractivity contribution in [3.63, 3.8) is 0 Å². The SMILES string of the molecule is CCCCCCCCC(CCCCCC)C(=O)OC(O)(O)C(N1CCC2(CCN(CCCCO)CC2)CC1)C(O)(O)OC(=O)C(CCCCCC)CCCCCCCC. The number of unbranched alkanes of at least 4 members (excludes halogenated alkanes) is 17. The highest BCUT2D eigenvalue weighted by molar-refractivity contribution is 5.73. The predicted octanol–water partition coefficient (Wildman–Crippen LogP) is 9.34. The third kappa shape index (κ3) is 21.1. The number of ether oxygens (including phenoxy) is 2. The second kappa shape index (κ2) is 30.7. The zero-order chi connectivity index (χ0) is 43.4. The third-order valence-corrected chi connectivity index (χ3v) is 13.5. The van der Waals surface area contributed by atoms with Crippen molar-refractivity contribution in [1.29, 1.82) is 0 Å². The highest BCUT2D eigenvalue weighted by Gasteiger charge is 2.59. The average Bonchev–Trinajstić information content (AvgIpc) is 3.20. The lowest BCUT2D eigenvalue weighted by Gasteiger charge is -2.50. The van der Waals surface area contributed by atoms with E-state index in [1.54, 1.807) is 4.90 Å². The number of aliphatic hydroxyl groups is 5. The Labute approximate surface area is 360 Å². The minimum Gasteiger partial charge on any atom is -0.406 e. The summed E-state index contributed by atoms with van der Waals surface area (Å²) >= 11 is 0. The van der Waals surface area contributed by atoms with E-state index >= 15 is 0 Å². The van der Waals surface area contributed by atoms with Gasteiger partial charge in [0.2, 0.25) is 0 Å². The zero-order valence-corrected chi connectivity index (χ0v) is 38.5. The molecule has 0 aromatic rings. The number of hydrogen-bond donors (Lipinski definition) is 5. The topological polar surface area (TPSA) is 160 Å². The van der Waals surface area contributed by atoms with Gasteiger partial charge in [-0.1, -0.05) is 156 Å². The van der Waals surface area contributed by atoms with E-state index in [-0.39, 0.29) is 25.1 Å². The van der Waals surface area contributed by atoms with Crippen molar-refractivity contribution in [3.05, 3.63) is 0 Å². The van der Waals surface area contributed by atoms with Crippen molar-refractivity contribution in [2.75, 3.05) is 39.3 Å². The molecule has 2 rings (SSSR count). The van der Waals surface area contributed by atoms with Gasteiger partial charge in [-0.3, -0.25) is 14.5 Å². The molecule has 0 radical (unpaired) electrons. The molecule has 11 nitrogen and oxygen atoms in total. The summed E-state index contributed by atoms with van der Waals surface area (Å²) in [5, 5.41) is 56.5. The summed E-state index contributed by atoms with van der Waals surface area (Å²) < 4.78 is 11.2. The summed E-state index contributed by atoms with van der Waals surface area (Å²) in [5.41, 5.74) is 0.0183. The van der Waals surface area contributed by atoms with Gasteiger partial charge in [0.05, 0.1) is 11.8 Å². The molecule has 2 aliphatic heterocycles. The van der Waals surface area contributed by atoms with E-state index in [0.717, 1.165) is 161 Å². The smallest absolute Gasteiger partial charge is 0.350 e. The van der Waals surface area contributed by atoms with Gasteiger partial charge in [0, 0.05) is 6.61 Å². The van der Waals surface area contributed by atoms with Crippen LogP contribution in [0, 0.1) is 17.3 Å². The van der Waals surface area contributed by atoms with Crippen LogP contribution in [0.5, 0.6) is 0 Å². The Morgan fingerprint density at radius 3 is 1.22 bits per heavy atom. The molecule has 2 saturated heterocycles. The van der Waals surface area contributed by atoms with Crippen LogP contribution < -0.4 is 0 Å². The quantitative estimate of drug-likeness (QED) is 0.0235. The molecule has 348 valence electrons. The number of esters is 2. The van der Waals surface area contributed by atoms with Crippen LogP contribution in [0.1, 0.15) is 220 Å². The minimum atomic E-state index is -3.35. The first kappa shape index (κ1) is 53.8. The molecule has 2 heterocycles. The van der Waals surface area contributed by atoms with Crippen molar-refractivity contribution in [2.24, 2.45) is 17.3 Å². The van der Waals surface area contributed by atoms with Gasteiger partial charge in [0.15, 0.2) is 6.04 Å². The van der Waals surface area contributed by atoms with E-state index in [1.165, 1.54) is 12.8 Å². The van der Waals surface area contributed by atoms with E-state index < -0.39 is 41.8 Å². The van der Waals surface area contributed by atoms with Gasteiger partial charge in [0.25, 0.3) is 0 Å². The molecule has 0 amide bonds. The van der Waals surface area contributed by atoms with Crippen molar-refractivity contribution in [3.8, 4) is 0 Å². The summed E-state index contributed by atoms with van der Waals surface area (Å²) in [6, 6.07) is -2.04. The molecular weight excluding hydrogens is 749 g/mol. The zero-order valence-electron chi connectivity index (χ0n) is 38.5. The van der Waals surface area contributed by atoms with Crippen LogP contribution in [0.2, 0.25) is 0 Å². The molecule has 2 aliphatic rings. The number of carbonyl (C=O) groups is 2. The first-order valence-electron chi connectivity index (χ1n) is 24.8.